The summed E-state index contributed by atoms with van der Waals surface area (Å²) >= 11 is 0. The molecule has 1 aliphatic rings. The van der Waals surface area contributed by atoms with Crippen LogP contribution in [-0.2, 0) is 0 Å². The summed E-state index contributed by atoms with van der Waals surface area (Å²) in [4.78, 5) is 0. The SMILES string of the molecule is Oc1c(O)c(O)c2c(-c3ccc4oc5cc6ccccc6cc5c4c3)c3c(O)c(-c4ccccc4)c(O)c(O)c3c(C3=CCC(c4ccc5ccccc5c4)C=C3)c2c1O. The summed E-state index contributed by atoms with van der Waals surface area (Å²) in [5, 5.41) is 88.3. The van der Waals surface area contributed by atoms with E-state index in [4.69, 9.17) is 4.42 Å². The van der Waals surface area contributed by atoms with Crippen LogP contribution in [0.1, 0.15) is 23.5 Å². The Morgan fingerprint density at radius 2 is 1.00 bits per heavy atom. The monoisotopic (exact) mass is 786 g/mol. The highest BCUT2D eigenvalue weighted by atomic mass is 16.3. The number of phenolic OH excluding ortho intramolecular Hbond substituents is 7. The van der Waals surface area contributed by atoms with Crippen LogP contribution in [0.5, 0.6) is 40.2 Å². The summed E-state index contributed by atoms with van der Waals surface area (Å²) < 4.78 is 6.30. The van der Waals surface area contributed by atoms with Gasteiger partial charge in [-0.05, 0) is 74.5 Å². The minimum Gasteiger partial charge on any atom is -0.506 e. The van der Waals surface area contributed by atoms with Crippen LogP contribution < -0.4 is 0 Å². The standard InChI is InChI=1S/C52H34O8/c53-46-41(28-9-2-1-3-10-28)47(54)48(55)43-39(29-17-14-27(15-18-29)33-19-16-26-8-4-5-11-30(26)22-33)44-45(50(57)52(59)51(58)49(44)56)40(42(43)46)34-20-21-37-35(24-34)36-23-31-12-6-7-13-32(31)25-38(36)60-37/h1-14,16-25,27,53-59H,15H2. The van der Waals surface area contributed by atoms with Gasteiger partial charge in [0.15, 0.2) is 23.0 Å². The van der Waals surface area contributed by atoms with Crippen LogP contribution in [-0.4, -0.2) is 35.7 Å². The summed E-state index contributed by atoms with van der Waals surface area (Å²) in [6, 6.07) is 40.2. The van der Waals surface area contributed by atoms with Crippen LogP contribution in [0.4, 0.5) is 0 Å². The average Bonchev–Trinajstić information content (AvgIpc) is 3.64. The molecule has 0 saturated carbocycles. The zero-order chi connectivity index (χ0) is 41.0. The zero-order valence-electron chi connectivity index (χ0n) is 31.7. The molecule has 0 amide bonds. The Morgan fingerprint density at radius 3 is 1.68 bits per heavy atom. The maximum atomic E-state index is 12.6. The smallest absolute Gasteiger partial charge is 0.204 e. The van der Waals surface area contributed by atoms with Gasteiger partial charge >= 0.3 is 0 Å². The molecule has 1 aliphatic carbocycles. The number of phenols is 7. The number of benzene rings is 9. The lowest BCUT2D eigenvalue weighted by molar-refractivity contribution is 0.351. The van der Waals surface area contributed by atoms with Crippen molar-refractivity contribution in [2.24, 2.45) is 0 Å². The quantitative estimate of drug-likeness (QED) is 0.0528. The lowest BCUT2D eigenvalue weighted by atomic mass is 9.80. The van der Waals surface area contributed by atoms with E-state index in [-0.39, 0.29) is 44.2 Å². The lowest BCUT2D eigenvalue weighted by Crippen LogP contribution is -2.01. The molecule has 10 aromatic rings. The number of furan rings is 1. The molecule has 290 valence electrons. The fourth-order valence-corrected chi connectivity index (χ4v) is 9.20. The number of aromatic hydroxyl groups is 7. The van der Waals surface area contributed by atoms with Crippen LogP contribution in [0.3, 0.4) is 0 Å². The van der Waals surface area contributed by atoms with E-state index in [1.165, 1.54) is 0 Å². The van der Waals surface area contributed by atoms with Crippen LogP contribution in [0.2, 0.25) is 0 Å². The summed E-state index contributed by atoms with van der Waals surface area (Å²) in [5.41, 5.74) is 3.72. The van der Waals surface area contributed by atoms with Gasteiger partial charge in [-0.3, -0.25) is 0 Å². The van der Waals surface area contributed by atoms with Gasteiger partial charge in [0.2, 0.25) is 11.5 Å². The van der Waals surface area contributed by atoms with Gasteiger partial charge in [0, 0.05) is 49.4 Å². The van der Waals surface area contributed by atoms with Crippen molar-refractivity contribution in [3.63, 3.8) is 0 Å². The minimum atomic E-state index is -0.974. The molecule has 11 rings (SSSR count). The molecule has 0 spiro atoms. The van der Waals surface area contributed by atoms with E-state index in [9.17, 15) is 35.7 Å². The van der Waals surface area contributed by atoms with Crippen molar-refractivity contribution in [1.29, 1.82) is 0 Å². The van der Waals surface area contributed by atoms with E-state index in [2.05, 4.69) is 30.3 Å². The van der Waals surface area contributed by atoms with E-state index < -0.39 is 40.2 Å². The van der Waals surface area contributed by atoms with Gasteiger partial charge in [-0.25, -0.2) is 0 Å². The maximum absolute atomic E-state index is 12.6. The largest absolute Gasteiger partial charge is 0.506 e. The Morgan fingerprint density at radius 1 is 0.417 bits per heavy atom. The summed E-state index contributed by atoms with van der Waals surface area (Å²) in [7, 11) is 0. The molecule has 0 saturated heterocycles. The highest BCUT2D eigenvalue weighted by Gasteiger charge is 2.33. The van der Waals surface area contributed by atoms with Crippen molar-refractivity contribution in [2.45, 2.75) is 12.3 Å². The van der Waals surface area contributed by atoms with Crippen molar-refractivity contribution >= 4 is 70.6 Å². The number of hydrogen-bond acceptors (Lipinski definition) is 8. The Hall–Kier alpha value is -8.10. The van der Waals surface area contributed by atoms with E-state index >= 15 is 0 Å². The second kappa shape index (κ2) is 13.0. The average molecular weight is 787 g/mol. The van der Waals surface area contributed by atoms with Gasteiger partial charge < -0.3 is 40.2 Å². The second-order valence-corrected chi connectivity index (χ2v) is 15.4. The number of fused-ring (bicyclic) bond motifs is 7. The molecule has 9 aromatic carbocycles. The summed E-state index contributed by atoms with van der Waals surface area (Å²) in [6.07, 6.45) is 6.23. The Bertz CT molecular complexity index is 3540. The molecule has 0 bridgehead atoms. The molecule has 8 heteroatoms. The van der Waals surface area contributed by atoms with Crippen molar-refractivity contribution in [3.8, 4) is 62.5 Å². The van der Waals surface area contributed by atoms with E-state index in [0.29, 0.717) is 39.7 Å². The third-order valence-corrected chi connectivity index (χ3v) is 12.1. The number of hydrogen-bond donors (Lipinski definition) is 7. The zero-order valence-corrected chi connectivity index (χ0v) is 31.7. The van der Waals surface area contributed by atoms with Crippen LogP contribution in [0, 0.1) is 0 Å². The highest BCUT2D eigenvalue weighted by molar-refractivity contribution is 6.28. The summed E-state index contributed by atoms with van der Waals surface area (Å²) in [5.74, 6) is -5.14. The van der Waals surface area contributed by atoms with Crippen molar-refractivity contribution < 1.29 is 40.2 Å². The molecule has 0 fully saturated rings. The van der Waals surface area contributed by atoms with E-state index in [1.807, 2.05) is 72.8 Å². The molecule has 0 radical (unpaired) electrons. The van der Waals surface area contributed by atoms with Crippen LogP contribution in [0.25, 0.3) is 92.9 Å². The van der Waals surface area contributed by atoms with Gasteiger partial charge in [0.25, 0.3) is 0 Å². The molecule has 1 atom stereocenters. The third kappa shape index (κ3) is 5.04. The van der Waals surface area contributed by atoms with Gasteiger partial charge in [0.1, 0.15) is 16.9 Å². The van der Waals surface area contributed by atoms with Crippen LogP contribution >= 0.6 is 0 Å². The molecule has 1 aromatic heterocycles. The van der Waals surface area contributed by atoms with Crippen molar-refractivity contribution in [2.75, 3.05) is 0 Å². The predicted octanol–water partition coefficient (Wildman–Crippen LogP) is 12.6. The third-order valence-electron chi connectivity index (χ3n) is 12.1. The molecule has 8 nitrogen and oxygen atoms in total. The Kier molecular flexibility index (Phi) is 7.58. The first kappa shape index (κ1) is 35.1. The van der Waals surface area contributed by atoms with Gasteiger partial charge in [-0.1, -0.05) is 121 Å². The summed E-state index contributed by atoms with van der Waals surface area (Å²) in [6.45, 7) is 0. The van der Waals surface area contributed by atoms with Crippen molar-refractivity contribution in [3.05, 3.63) is 157 Å². The van der Waals surface area contributed by atoms with Crippen LogP contribution in [0.15, 0.2) is 150 Å². The maximum Gasteiger partial charge on any atom is 0.204 e. The first-order valence-corrected chi connectivity index (χ1v) is 19.5. The van der Waals surface area contributed by atoms with Gasteiger partial charge in [-0.15, -0.1) is 0 Å². The molecule has 60 heavy (non-hydrogen) atoms. The number of rotatable bonds is 4. The predicted molar refractivity (Wildman–Crippen MR) is 237 cm³/mol. The first-order chi connectivity index (χ1) is 29.2. The fourth-order valence-electron chi connectivity index (χ4n) is 9.20. The Balaban J connectivity index is 1.24. The lowest BCUT2D eigenvalue weighted by Gasteiger charge is -2.25. The highest BCUT2D eigenvalue weighted by Crippen LogP contribution is 2.61. The van der Waals surface area contributed by atoms with Gasteiger partial charge in [-0.2, -0.15) is 0 Å². The molecule has 7 N–H and O–H groups in total. The topological polar surface area (TPSA) is 155 Å². The minimum absolute atomic E-state index is 0.0231. The molecular weight excluding hydrogens is 753 g/mol. The molecule has 1 heterocycles. The van der Waals surface area contributed by atoms with E-state index in [1.54, 1.807) is 42.5 Å². The fraction of sp³-hybridized carbons (Fsp3) is 0.0385. The van der Waals surface area contributed by atoms with E-state index in [0.717, 1.165) is 32.5 Å². The molecular formula is C52H34O8. The van der Waals surface area contributed by atoms with Gasteiger partial charge in [0.05, 0.1) is 5.56 Å². The Labute approximate surface area is 341 Å². The number of allylic oxidation sites excluding steroid dienone is 4. The second-order valence-electron chi connectivity index (χ2n) is 15.4. The molecule has 1 unspecified atom stereocenters. The normalized spacial score (nSPS) is 14.3. The molecule has 0 aliphatic heterocycles. The van der Waals surface area contributed by atoms with Crippen molar-refractivity contribution in [1.82, 2.24) is 0 Å². The first-order valence-electron chi connectivity index (χ1n) is 19.5.